The number of ether oxygens (including phenoxy) is 2. The minimum absolute atomic E-state index is 0.140. The van der Waals surface area contributed by atoms with E-state index >= 15 is 0 Å². The van der Waals surface area contributed by atoms with Gasteiger partial charge in [-0.15, -0.1) is 0 Å². The van der Waals surface area contributed by atoms with E-state index in [0.29, 0.717) is 17.0 Å². The highest BCUT2D eigenvalue weighted by Crippen LogP contribution is 2.47. The summed E-state index contributed by atoms with van der Waals surface area (Å²) in [6, 6.07) is 4.75. The third kappa shape index (κ3) is 1.81. The number of methoxy groups -OCH3 is 1. The molecule has 2 amide bonds. The molecule has 0 radical (unpaired) electrons. The summed E-state index contributed by atoms with van der Waals surface area (Å²) in [6.45, 7) is 1.44. The molecule has 6 nitrogen and oxygen atoms in total. The zero-order valence-electron chi connectivity index (χ0n) is 12.7. The number of imide groups is 1. The summed E-state index contributed by atoms with van der Waals surface area (Å²) in [6.07, 6.45) is 3.00. The zero-order valence-corrected chi connectivity index (χ0v) is 12.7. The van der Waals surface area contributed by atoms with Crippen LogP contribution in [0, 0.1) is 11.8 Å². The van der Waals surface area contributed by atoms with Gasteiger partial charge in [0.1, 0.15) is 5.75 Å². The van der Waals surface area contributed by atoms with Crippen LogP contribution in [0.1, 0.15) is 17.3 Å². The number of rotatable bonds is 3. The highest BCUT2D eigenvalue weighted by atomic mass is 16.5. The monoisotopic (exact) mass is 313 g/mol. The Morgan fingerprint density at radius 2 is 1.74 bits per heavy atom. The fourth-order valence-electron chi connectivity index (χ4n) is 3.62. The van der Waals surface area contributed by atoms with Crippen molar-refractivity contribution in [2.24, 2.45) is 11.8 Å². The van der Waals surface area contributed by atoms with Crippen molar-refractivity contribution >= 4 is 23.3 Å². The second-order valence-corrected chi connectivity index (χ2v) is 5.96. The predicted molar refractivity (Wildman–Crippen MR) is 80.3 cm³/mol. The summed E-state index contributed by atoms with van der Waals surface area (Å²) in [5, 5.41) is 0. The average molecular weight is 313 g/mol. The molecule has 4 atom stereocenters. The lowest BCUT2D eigenvalue weighted by molar-refractivity contribution is -0.124. The maximum absolute atomic E-state index is 12.8. The van der Waals surface area contributed by atoms with Gasteiger partial charge in [0, 0.05) is 5.56 Å². The number of hydrogen-bond acceptors (Lipinski definition) is 5. The van der Waals surface area contributed by atoms with Gasteiger partial charge in [-0.1, -0.05) is 12.2 Å². The molecule has 2 saturated heterocycles. The number of benzene rings is 1. The van der Waals surface area contributed by atoms with Crippen LogP contribution in [0.15, 0.2) is 30.4 Å². The van der Waals surface area contributed by atoms with Crippen molar-refractivity contribution in [2.45, 2.75) is 19.1 Å². The van der Waals surface area contributed by atoms with E-state index in [1.165, 1.54) is 20.1 Å². The van der Waals surface area contributed by atoms with Crippen molar-refractivity contribution in [3.05, 3.63) is 35.9 Å². The van der Waals surface area contributed by atoms with Crippen LogP contribution in [0.5, 0.6) is 5.75 Å². The predicted octanol–water partition coefficient (Wildman–Crippen LogP) is 1.34. The molecule has 1 aromatic carbocycles. The standard InChI is InChI=1S/C17H15NO5/c1-8(19)9-3-4-11(22-2)10(7-9)18-16(20)14-12-5-6-13(23-12)15(14)17(18)21/h3-7,12-15H,1-2H3. The first-order valence-corrected chi connectivity index (χ1v) is 7.43. The lowest BCUT2D eigenvalue weighted by Gasteiger charge is -2.20. The number of anilines is 1. The molecule has 4 unspecified atom stereocenters. The van der Waals surface area contributed by atoms with E-state index in [2.05, 4.69) is 0 Å². The second kappa shape index (κ2) is 4.76. The molecule has 2 bridgehead atoms. The Labute approximate surface area is 132 Å². The van der Waals surface area contributed by atoms with Crippen LogP contribution in [0.3, 0.4) is 0 Å². The summed E-state index contributed by atoms with van der Waals surface area (Å²) in [7, 11) is 1.46. The van der Waals surface area contributed by atoms with Crippen LogP contribution in [-0.4, -0.2) is 36.9 Å². The zero-order chi connectivity index (χ0) is 16.3. The van der Waals surface area contributed by atoms with Gasteiger partial charge in [-0.2, -0.15) is 0 Å². The van der Waals surface area contributed by atoms with Gasteiger partial charge < -0.3 is 9.47 Å². The Hall–Kier alpha value is -2.47. The topological polar surface area (TPSA) is 72.9 Å². The van der Waals surface area contributed by atoms with E-state index in [-0.39, 0.29) is 29.8 Å². The van der Waals surface area contributed by atoms with Crippen LogP contribution in [0.25, 0.3) is 0 Å². The molecule has 3 aliphatic rings. The second-order valence-electron chi connectivity index (χ2n) is 5.96. The number of carbonyl (C=O) groups is 3. The number of carbonyl (C=O) groups excluding carboxylic acids is 3. The Kier molecular flexibility index (Phi) is 2.93. The first-order chi connectivity index (χ1) is 11.0. The number of nitrogens with zero attached hydrogens (tertiary/aromatic N) is 1. The third-order valence-corrected chi connectivity index (χ3v) is 4.74. The fourth-order valence-corrected chi connectivity index (χ4v) is 3.62. The average Bonchev–Trinajstić information content (AvgIpc) is 3.21. The van der Waals surface area contributed by atoms with Crippen LogP contribution in [0.2, 0.25) is 0 Å². The smallest absolute Gasteiger partial charge is 0.240 e. The lowest BCUT2D eigenvalue weighted by atomic mass is 9.85. The number of hydrogen-bond donors (Lipinski definition) is 0. The van der Waals surface area contributed by atoms with Gasteiger partial charge in [0.05, 0.1) is 36.8 Å². The van der Waals surface area contributed by atoms with E-state index in [9.17, 15) is 14.4 Å². The molecule has 118 valence electrons. The lowest BCUT2D eigenvalue weighted by Crippen LogP contribution is -2.34. The SMILES string of the molecule is COc1ccc(C(C)=O)cc1N1C(=O)C2C3C=CC(O3)C2C1=O. The normalized spacial score (nSPS) is 31.0. The molecule has 3 heterocycles. The van der Waals surface area contributed by atoms with Crippen LogP contribution >= 0.6 is 0 Å². The first-order valence-electron chi connectivity index (χ1n) is 7.43. The van der Waals surface area contributed by atoms with E-state index in [4.69, 9.17) is 9.47 Å². The molecule has 2 fully saturated rings. The quantitative estimate of drug-likeness (QED) is 0.478. The number of ketones is 1. The van der Waals surface area contributed by atoms with Crippen molar-refractivity contribution in [3.8, 4) is 5.75 Å². The van der Waals surface area contributed by atoms with Crippen molar-refractivity contribution in [1.29, 1.82) is 0 Å². The van der Waals surface area contributed by atoms with Crippen molar-refractivity contribution in [3.63, 3.8) is 0 Å². The summed E-state index contributed by atoms with van der Waals surface area (Å²) < 4.78 is 10.9. The van der Waals surface area contributed by atoms with Gasteiger partial charge in [0.25, 0.3) is 0 Å². The van der Waals surface area contributed by atoms with Crippen molar-refractivity contribution in [1.82, 2.24) is 0 Å². The number of Topliss-reactive ketones (excluding diaryl/α,β-unsaturated/α-hetero) is 1. The Balaban J connectivity index is 1.80. The van der Waals surface area contributed by atoms with Crippen molar-refractivity contribution < 1.29 is 23.9 Å². The molecule has 23 heavy (non-hydrogen) atoms. The Morgan fingerprint density at radius 1 is 1.13 bits per heavy atom. The summed E-state index contributed by atoms with van der Waals surface area (Å²) in [5.74, 6) is -1.31. The molecule has 0 N–H and O–H groups in total. The van der Waals surface area contributed by atoms with Crippen molar-refractivity contribution in [2.75, 3.05) is 12.0 Å². The number of fused-ring (bicyclic) bond motifs is 5. The van der Waals surface area contributed by atoms with E-state index in [0.717, 1.165) is 4.90 Å². The summed E-state index contributed by atoms with van der Waals surface area (Å²) >= 11 is 0. The van der Waals surface area contributed by atoms with Gasteiger partial charge in [0.15, 0.2) is 5.78 Å². The van der Waals surface area contributed by atoms with Crippen LogP contribution < -0.4 is 9.64 Å². The molecule has 0 saturated carbocycles. The molecule has 0 spiro atoms. The third-order valence-electron chi connectivity index (χ3n) is 4.74. The van der Waals surface area contributed by atoms with E-state index in [1.54, 1.807) is 12.1 Å². The minimum atomic E-state index is -0.483. The summed E-state index contributed by atoms with van der Waals surface area (Å²) in [5.41, 5.74) is 0.750. The van der Waals surface area contributed by atoms with Gasteiger partial charge in [-0.05, 0) is 25.1 Å². The molecule has 0 aromatic heterocycles. The van der Waals surface area contributed by atoms with Crippen LogP contribution in [-0.2, 0) is 14.3 Å². The highest BCUT2D eigenvalue weighted by Gasteiger charge is 2.61. The molecule has 6 heteroatoms. The van der Waals surface area contributed by atoms with Gasteiger partial charge in [-0.3, -0.25) is 14.4 Å². The van der Waals surface area contributed by atoms with Crippen LogP contribution in [0.4, 0.5) is 5.69 Å². The molecule has 0 aliphatic carbocycles. The van der Waals surface area contributed by atoms with Gasteiger partial charge in [-0.25, -0.2) is 4.90 Å². The maximum atomic E-state index is 12.8. The Morgan fingerprint density at radius 3 is 2.26 bits per heavy atom. The van der Waals surface area contributed by atoms with E-state index < -0.39 is 11.8 Å². The number of amides is 2. The first kappa shape index (κ1) is 14.1. The maximum Gasteiger partial charge on any atom is 0.240 e. The molecular weight excluding hydrogens is 298 g/mol. The fraction of sp³-hybridized carbons (Fsp3) is 0.353. The minimum Gasteiger partial charge on any atom is -0.495 e. The van der Waals surface area contributed by atoms with Gasteiger partial charge >= 0.3 is 0 Å². The van der Waals surface area contributed by atoms with Gasteiger partial charge in [0.2, 0.25) is 11.8 Å². The highest BCUT2D eigenvalue weighted by molar-refractivity contribution is 6.24. The Bertz CT molecular complexity index is 738. The molecular formula is C17H15NO5. The van der Waals surface area contributed by atoms with E-state index in [1.807, 2.05) is 12.2 Å². The molecule has 4 rings (SSSR count). The molecule has 3 aliphatic heterocycles. The molecule has 1 aromatic rings. The summed E-state index contributed by atoms with van der Waals surface area (Å²) in [4.78, 5) is 38.4. The largest absolute Gasteiger partial charge is 0.495 e.